The molecule has 0 fully saturated rings. The molecule has 194 valence electrons. The monoisotopic (exact) mass is 523 g/mol. The molecular formula is C22H19F6N9. The number of aromatic nitrogens is 7. The lowest BCUT2D eigenvalue weighted by molar-refractivity contribution is -0.145. The number of hydrogen-bond donors (Lipinski definition) is 3. The highest BCUT2D eigenvalue weighted by Crippen LogP contribution is 2.35. The van der Waals surface area contributed by atoms with Gasteiger partial charge < -0.3 is 10.6 Å². The predicted molar refractivity (Wildman–Crippen MR) is 121 cm³/mol. The number of nitrogens with one attached hydrogen (secondary N) is 3. The zero-order chi connectivity index (χ0) is 26.8. The fourth-order valence-corrected chi connectivity index (χ4v) is 3.62. The lowest BCUT2D eigenvalue weighted by atomic mass is 9.96. The zero-order valence-corrected chi connectivity index (χ0v) is 19.3. The second-order valence-corrected chi connectivity index (χ2v) is 8.39. The lowest BCUT2D eigenvalue weighted by Gasteiger charge is -2.29. The molecule has 0 spiro atoms. The van der Waals surface area contributed by atoms with Crippen LogP contribution in [-0.4, -0.2) is 41.8 Å². The summed E-state index contributed by atoms with van der Waals surface area (Å²) in [6.45, 7) is 3.08. The van der Waals surface area contributed by atoms with Gasteiger partial charge in [-0.1, -0.05) is 11.3 Å². The quantitative estimate of drug-likeness (QED) is 0.276. The molecule has 0 aliphatic carbocycles. The molecule has 3 aromatic heterocycles. The Kier molecular flexibility index (Phi) is 6.71. The number of aromatic amines is 1. The van der Waals surface area contributed by atoms with E-state index in [0.717, 1.165) is 17.8 Å². The third-order valence-corrected chi connectivity index (χ3v) is 5.17. The Morgan fingerprint density at radius 2 is 1.73 bits per heavy atom. The molecule has 3 heterocycles. The Hall–Kier alpha value is -4.30. The smallest absolute Gasteiger partial charge is 0.357 e. The van der Waals surface area contributed by atoms with Crippen LogP contribution in [0.25, 0.3) is 11.1 Å². The van der Waals surface area contributed by atoms with Gasteiger partial charge in [0.05, 0.1) is 6.42 Å². The van der Waals surface area contributed by atoms with E-state index in [1.807, 2.05) is 6.07 Å². The summed E-state index contributed by atoms with van der Waals surface area (Å²) in [5.74, 6) is -0.264. The maximum atomic E-state index is 13.2. The van der Waals surface area contributed by atoms with Gasteiger partial charge in [0.2, 0.25) is 5.95 Å². The van der Waals surface area contributed by atoms with E-state index in [0.29, 0.717) is 16.8 Å². The van der Waals surface area contributed by atoms with Crippen LogP contribution in [0.5, 0.6) is 0 Å². The van der Waals surface area contributed by atoms with E-state index in [1.165, 1.54) is 19.2 Å². The highest BCUT2D eigenvalue weighted by molar-refractivity contribution is 5.71. The Morgan fingerprint density at radius 1 is 0.946 bits per heavy atom. The number of rotatable bonds is 7. The van der Waals surface area contributed by atoms with Gasteiger partial charge in [0.25, 0.3) is 0 Å². The van der Waals surface area contributed by atoms with Gasteiger partial charge >= 0.3 is 12.4 Å². The standard InChI is InChI=1S/C22H19F6N9/c1-12-7-14(9-15(8-12)31-19-29-6-5-16(32-19)22(26,27)28)13-3-4-17(30-10-13)33-20(2,11-21(23,24)25)18-34-36-37-35-18/h3-10H,11H2,1-2H3,(H,30,33)(H,29,31,32)(H,34,35,36,37). The molecule has 4 aromatic rings. The van der Waals surface area contributed by atoms with Crippen molar-refractivity contribution in [3.05, 3.63) is 65.9 Å². The molecule has 3 N–H and O–H groups in total. The molecule has 0 amide bonds. The van der Waals surface area contributed by atoms with Crippen LogP contribution in [0, 0.1) is 6.92 Å². The van der Waals surface area contributed by atoms with Crippen molar-refractivity contribution in [3.63, 3.8) is 0 Å². The summed E-state index contributed by atoms with van der Waals surface area (Å²) in [7, 11) is 0. The van der Waals surface area contributed by atoms with E-state index >= 15 is 0 Å². The molecular weight excluding hydrogens is 504 g/mol. The molecule has 0 aliphatic heterocycles. The van der Waals surface area contributed by atoms with Gasteiger partial charge in [-0.2, -0.15) is 31.6 Å². The molecule has 1 aromatic carbocycles. The topological polar surface area (TPSA) is 117 Å². The minimum atomic E-state index is -4.61. The van der Waals surface area contributed by atoms with E-state index in [1.54, 1.807) is 25.1 Å². The number of alkyl halides is 6. The summed E-state index contributed by atoms with van der Waals surface area (Å²) in [6, 6.07) is 9.08. The summed E-state index contributed by atoms with van der Waals surface area (Å²) in [5, 5.41) is 18.4. The van der Waals surface area contributed by atoms with E-state index in [-0.39, 0.29) is 17.6 Å². The van der Waals surface area contributed by atoms with Crippen LogP contribution in [0.4, 0.5) is 43.8 Å². The van der Waals surface area contributed by atoms with Crippen molar-refractivity contribution < 1.29 is 26.3 Å². The van der Waals surface area contributed by atoms with Gasteiger partial charge in [0.15, 0.2) is 5.82 Å². The Balaban J connectivity index is 1.56. The van der Waals surface area contributed by atoms with Gasteiger partial charge in [0, 0.05) is 23.6 Å². The Bertz CT molecular complexity index is 1350. The predicted octanol–water partition coefficient (Wildman–Crippen LogP) is 5.40. The molecule has 0 saturated heterocycles. The number of pyridine rings is 1. The summed E-state index contributed by atoms with van der Waals surface area (Å²) in [6.07, 6.45) is -7.94. The molecule has 1 atom stereocenters. The SMILES string of the molecule is Cc1cc(Nc2nccc(C(F)(F)F)n2)cc(-c2ccc(NC(C)(CC(F)(F)F)c3nn[nH]n3)nc2)c1. The van der Waals surface area contributed by atoms with Crippen molar-refractivity contribution in [2.75, 3.05) is 10.6 Å². The summed E-state index contributed by atoms with van der Waals surface area (Å²) in [5.41, 5.74) is -0.325. The number of tetrazole rings is 1. The number of hydrogen-bond acceptors (Lipinski definition) is 8. The van der Waals surface area contributed by atoms with E-state index in [4.69, 9.17) is 0 Å². The maximum absolute atomic E-state index is 13.2. The largest absolute Gasteiger partial charge is 0.433 e. The van der Waals surface area contributed by atoms with Crippen molar-refractivity contribution in [1.82, 2.24) is 35.6 Å². The summed E-state index contributed by atoms with van der Waals surface area (Å²) >= 11 is 0. The van der Waals surface area contributed by atoms with E-state index in [9.17, 15) is 26.3 Å². The van der Waals surface area contributed by atoms with Crippen molar-refractivity contribution in [3.8, 4) is 11.1 Å². The van der Waals surface area contributed by atoms with Crippen LogP contribution < -0.4 is 10.6 Å². The molecule has 0 radical (unpaired) electrons. The van der Waals surface area contributed by atoms with Crippen LogP contribution >= 0.6 is 0 Å². The molecule has 15 heteroatoms. The molecule has 9 nitrogen and oxygen atoms in total. The fourth-order valence-electron chi connectivity index (χ4n) is 3.62. The van der Waals surface area contributed by atoms with Crippen molar-refractivity contribution >= 4 is 17.5 Å². The van der Waals surface area contributed by atoms with Gasteiger partial charge in [-0.3, -0.25) is 0 Å². The minimum absolute atomic E-state index is 0.142. The molecule has 0 aliphatic rings. The third-order valence-electron chi connectivity index (χ3n) is 5.17. The zero-order valence-electron chi connectivity index (χ0n) is 19.3. The first-order chi connectivity index (χ1) is 17.3. The third kappa shape index (κ3) is 6.48. The maximum Gasteiger partial charge on any atom is 0.433 e. The Labute approximate surface area is 205 Å². The molecule has 1 unspecified atom stereocenters. The van der Waals surface area contributed by atoms with Crippen molar-refractivity contribution in [2.24, 2.45) is 0 Å². The van der Waals surface area contributed by atoms with Crippen LogP contribution in [0.15, 0.2) is 48.8 Å². The first kappa shape index (κ1) is 25.8. The average molecular weight is 523 g/mol. The highest BCUT2D eigenvalue weighted by atomic mass is 19.4. The van der Waals surface area contributed by atoms with Gasteiger partial charge in [-0.05, 0) is 55.3 Å². The van der Waals surface area contributed by atoms with Crippen LogP contribution in [0.1, 0.15) is 30.4 Å². The average Bonchev–Trinajstić information content (AvgIpc) is 3.34. The molecule has 37 heavy (non-hydrogen) atoms. The first-order valence-corrected chi connectivity index (χ1v) is 10.6. The number of anilines is 3. The minimum Gasteiger partial charge on any atom is -0.357 e. The summed E-state index contributed by atoms with van der Waals surface area (Å²) in [4.78, 5) is 11.6. The number of benzene rings is 1. The van der Waals surface area contributed by atoms with Crippen LogP contribution in [-0.2, 0) is 11.7 Å². The Morgan fingerprint density at radius 3 is 2.35 bits per heavy atom. The van der Waals surface area contributed by atoms with E-state index in [2.05, 4.69) is 46.2 Å². The van der Waals surface area contributed by atoms with Gasteiger partial charge in [0.1, 0.15) is 17.1 Å². The van der Waals surface area contributed by atoms with E-state index < -0.39 is 30.0 Å². The number of halogens is 6. The second kappa shape index (κ2) is 9.63. The lowest BCUT2D eigenvalue weighted by Crippen LogP contribution is -2.38. The van der Waals surface area contributed by atoms with Crippen LogP contribution in [0.3, 0.4) is 0 Å². The van der Waals surface area contributed by atoms with Gasteiger partial charge in [-0.15, -0.1) is 10.2 Å². The number of aryl methyl sites for hydroxylation is 1. The van der Waals surface area contributed by atoms with Crippen molar-refractivity contribution in [2.45, 2.75) is 38.2 Å². The molecule has 0 saturated carbocycles. The number of H-pyrrole nitrogens is 1. The second-order valence-electron chi connectivity index (χ2n) is 8.39. The molecule has 4 rings (SSSR count). The van der Waals surface area contributed by atoms with Gasteiger partial charge in [-0.25, -0.2) is 15.0 Å². The first-order valence-electron chi connectivity index (χ1n) is 10.6. The van der Waals surface area contributed by atoms with Crippen molar-refractivity contribution in [1.29, 1.82) is 0 Å². The fraction of sp³-hybridized carbons (Fsp3) is 0.273. The summed E-state index contributed by atoms with van der Waals surface area (Å²) < 4.78 is 78.5. The highest BCUT2D eigenvalue weighted by Gasteiger charge is 2.43. The number of nitrogens with zero attached hydrogens (tertiary/aromatic N) is 6. The van der Waals surface area contributed by atoms with Crippen LogP contribution in [0.2, 0.25) is 0 Å². The normalized spacial score (nSPS) is 13.7. The molecule has 0 bridgehead atoms.